The van der Waals surface area contributed by atoms with Crippen molar-refractivity contribution in [2.24, 2.45) is 5.92 Å². The molecule has 0 aliphatic heterocycles. The van der Waals surface area contributed by atoms with Gasteiger partial charge in [0.1, 0.15) is 18.8 Å². The fraction of sp³-hybridized carbons (Fsp3) is 0.348. The predicted molar refractivity (Wildman–Crippen MR) is 114 cm³/mol. The van der Waals surface area contributed by atoms with Gasteiger partial charge in [0.05, 0.1) is 0 Å². The number of rotatable bonds is 8. The Bertz CT molecular complexity index is 883. The van der Waals surface area contributed by atoms with Crippen LogP contribution in [0.25, 0.3) is 11.1 Å². The van der Waals surface area contributed by atoms with Gasteiger partial charge in [0, 0.05) is 5.92 Å². The molecule has 0 fully saturated rings. The summed E-state index contributed by atoms with van der Waals surface area (Å²) in [6.07, 6.45) is -0.639. The van der Waals surface area contributed by atoms with Gasteiger partial charge in [0.2, 0.25) is 12.3 Å². The summed E-state index contributed by atoms with van der Waals surface area (Å²) in [5, 5.41) is 7.79. The highest BCUT2D eigenvalue weighted by molar-refractivity contribution is 5.85. The first-order valence-electron chi connectivity index (χ1n) is 10.0. The maximum absolute atomic E-state index is 12.3. The van der Waals surface area contributed by atoms with E-state index in [9.17, 15) is 14.4 Å². The molecule has 0 spiro atoms. The maximum Gasteiger partial charge on any atom is 0.407 e. The van der Waals surface area contributed by atoms with Crippen molar-refractivity contribution in [1.29, 1.82) is 0 Å². The zero-order chi connectivity index (χ0) is 21.7. The van der Waals surface area contributed by atoms with E-state index in [-0.39, 0.29) is 18.4 Å². The van der Waals surface area contributed by atoms with Crippen molar-refractivity contribution in [1.82, 2.24) is 16.0 Å². The zero-order valence-corrected chi connectivity index (χ0v) is 17.3. The monoisotopic (exact) mass is 409 g/mol. The number of hydrogen-bond acceptors (Lipinski definition) is 4. The molecule has 1 aliphatic rings. The predicted octanol–water partition coefficient (Wildman–Crippen LogP) is 2.76. The van der Waals surface area contributed by atoms with Gasteiger partial charge in [-0.1, -0.05) is 62.4 Å². The topological polar surface area (TPSA) is 96.5 Å². The Kier molecular flexibility index (Phi) is 6.72. The Hall–Kier alpha value is -3.35. The normalized spacial score (nSPS) is 14.3. The SMILES string of the molecule is CC(C)[C@@H](NC=O)NC(=O)[C@H](C)NC(=O)OCC1c2ccccc2-c2ccccc21. The molecule has 0 saturated carbocycles. The zero-order valence-electron chi connectivity index (χ0n) is 17.3. The number of benzene rings is 2. The van der Waals surface area contributed by atoms with Gasteiger partial charge in [-0.25, -0.2) is 4.79 Å². The van der Waals surface area contributed by atoms with Crippen LogP contribution in [-0.2, 0) is 14.3 Å². The fourth-order valence-corrected chi connectivity index (χ4v) is 3.63. The largest absolute Gasteiger partial charge is 0.449 e. The Morgan fingerprint density at radius 3 is 2.07 bits per heavy atom. The summed E-state index contributed by atoms with van der Waals surface area (Å²) in [4.78, 5) is 35.3. The van der Waals surface area contributed by atoms with Crippen LogP contribution in [0.3, 0.4) is 0 Å². The number of carbonyl (C=O) groups excluding carboxylic acids is 3. The quantitative estimate of drug-likeness (QED) is 0.461. The summed E-state index contributed by atoms with van der Waals surface area (Å²) >= 11 is 0. The van der Waals surface area contributed by atoms with Crippen LogP contribution in [0.5, 0.6) is 0 Å². The van der Waals surface area contributed by atoms with Crippen LogP contribution in [0.2, 0.25) is 0 Å². The van der Waals surface area contributed by atoms with Crippen LogP contribution in [-0.4, -0.2) is 37.2 Å². The minimum atomic E-state index is -0.810. The van der Waals surface area contributed by atoms with Crippen molar-refractivity contribution in [2.75, 3.05) is 6.61 Å². The van der Waals surface area contributed by atoms with Crippen LogP contribution in [0.1, 0.15) is 37.8 Å². The van der Waals surface area contributed by atoms with Gasteiger partial charge in [0.15, 0.2) is 0 Å². The van der Waals surface area contributed by atoms with Crippen LogP contribution in [0.4, 0.5) is 4.79 Å². The van der Waals surface area contributed by atoms with Gasteiger partial charge in [-0.05, 0) is 35.1 Å². The summed E-state index contributed by atoms with van der Waals surface area (Å²) in [7, 11) is 0. The highest BCUT2D eigenvalue weighted by Crippen LogP contribution is 2.44. The molecular formula is C23H27N3O4. The third-order valence-corrected chi connectivity index (χ3v) is 5.28. The van der Waals surface area contributed by atoms with Crippen molar-refractivity contribution < 1.29 is 19.1 Å². The van der Waals surface area contributed by atoms with Crippen LogP contribution in [0, 0.1) is 5.92 Å². The molecule has 2 aromatic carbocycles. The second kappa shape index (κ2) is 9.43. The average Bonchev–Trinajstić information content (AvgIpc) is 3.05. The van der Waals surface area contributed by atoms with Crippen molar-refractivity contribution in [2.45, 2.75) is 38.9 Å². The number of carbonyl (C=O) groups is 3. The maximum atomic E-state index is 12.3. The lowest BCUT2D eigenvalue weighted by Crippen LogP contribution is -2.54. The first kappa shape index (κ1) is 21.4. The highest BCUT2D eigenvalue weighted by atomic mass is 16.5. The van der Waals surface area contributed by atoms with E-state index in [0.717, 1.165) is 22.3 Å². The molecule has 3 amide bonds. The molecule has 30 heavy (non-hydrogen) atoms. The molecule has 1 aliphatic carbocycles. The Morgan fingerprint density at radius 2 is 1.53 bits per heavy atom. The van der Waals surface area contributed by atoms with Crippen LogP contribution in [0.15, 0.2) is 48.5 Å². The van der Waals surface area contributed by atoms with E-state index in [4.69, 9.17) is 4.74 Å². The van der Waals surface area contributed by atoms with E-state index in [1.165, 1.54) is 0 Å². The van der Waals surface area contributed by atoms with Crippen LogP contribution >= 0.6 is 0 Å². The molecule has 2 aromatic rings. The van der Waals surface area contributed by atoms with Crippen molar-refractivity contribution >= 4 is 18.4 Å². The van der Waals surface area contributed by atoms with Crippen LogP contribution < -0.4 is 16.0 Å². The van der Waals surface area contributed by atoms with Gasteiger partial charge in [-0.2, -0.15) is 0 Å². The van der Waals surface area contributed by atoms with E-state index in [1.807, 2.05) is 50.2 Å². The van der Waals surface area contributed by atoms with Crippen molar-refractivity contribution in [3.8, 4) is 11.1 Å². The second-order valence-electron chi connectivity index (χ2n) is 7.71. The molecule has 7 nitrogen and oxygen atoms in total. The van der Waals surface area contributed by atoms with E-state index in [0.29, 0.717) is 6.41 Å². The summed E-state index contributed by atoms with van der Waals surface area (Å²) in [6.45, 7) is 5.47. The average molecular weight is 409 g/mol. The molecule has 7 heteroatoms. The standard InChI is InChI=1S/C23H27N3O4/c1-14(2)21(24-13-27)26-22(28)15(3)25-23(29)30-12-20-18-10-6-4-8-16(18)17-9-5-7-11-19(17)20/h4-11,13-15,20-21H,12H2,1-3H3,(H,24,27)(H,25,29)(H,26,28)/t15-,21-/m0/s1. The van der Waals surface area contributed by atoms with Gasteiger partial charge in [0.25, 0.3) is 0 Å². The van der Waals surface area contributed by atoms with Gasteiger partial charge in [-0.3, -0.25) is 9.59 Å². The second-order valence-corrected chi connectivity index (χ2v) is 7.71. The number of hydrogen-bond donors (Lipinski definition) is 3. The Morgan fingerprint density at radius 1 is 0.967 bits per heavy atom. The van der Waals surface area contributed by atoms with Crippen molar-refractivity contribution in [3.63, 3.8) is 0 Å². The van der Waals surface area contributed by atoms with E-state index in [1.54, 1.807) is 6.92 Å². The van der Waals surface area contributed by atoms with Gasteiger partial charge in [-0.15, -0.1) is 0 Å². The number of nitrogens with one attached hydrogen (secondary N) is 3. The number of fused-ring (bicyclic) bond motifs is 3. The lowest BCUT2D eigenvalue weighted by Gasteiger charge is -2.24. The molecule has 0 heterocycles. The van der Waals surface area contributed by atoms with Crippen molar-refractivity contribution in [3.05, 3.63) is 59.7 Å². The Labute approximate surface area is 176 Å². The molecule has 158 valence electrons. The van der Waals surface area contributed by atoms with E-state index in [2.05, 4.69) is 28.1 Å². The molecule has 3 rings (SSSR count). The summed E-state index contributed by atoms with van der Waals surface area (Å²) in [6, 6.07) is 15.4. The molecule has 3 N–H and O–H groups in total. The summed E-state index contributed by atoms with van der Waals surface area (Å²) in [5.74, 6) is -0.452. The van der Waals surface area contributed by atoms with E-state index < -0.39 is 24.2 Å². The summed E-state index contributed by atoms with van der Waals surface area (Å²) in [5.41, 5.74) is 4.54. The summed E-state index contributed by atoms with van der Waals surface area (Å²) < 4.78 is 5.46. The Balaban J connectivity index is 1.58. The molecule has 0 radical (unpaired) electrons. The molecule has 0 bridgehead atoms. The van der Waals surface area contributed by atoms with Gasteiger partial charge < -0.3 is 20.7 Å². The molecule has 0 saturated heterocycles. The molecular weight excluding hydrogens is 382 g/mol. The third-order valence-electron chi connectivity index (χ3n) is 5.28. The minimum absolute atomic E-state index is 0.000745. The number of alkyl carbamates (subject to hydrolysis) is 1. The molecule has 0 aromatic heterocycles. The van der Waals surface area contributed by atoms with E-state index >= 15 is 0 Å². The molecule has 0 unspecified atom stereocenters. The number of ether oxygens (including phenoxy) is 1. The lowest BCUT2D eigenvalue weighted by molar-refractivity contribution is -0.124. The first-order chi connectivity index (χ1) is 14.4. The highest BCUT2D eigenvalue weighted by Gasteiger charge is 2.29. The number of amides is 3. The minimum Gasteiger partial charge on any atom is -0.449 e. The first-order valence-corrected chi connectivity index (χ1v) is 10.0. The smallest absolute Gasteiger partial charge is 0.407 e. The third kappa shape index (κ3) is 4.62. The molecule has 2 atom stereocenters. The lowest BCUT2D eigenvalue weighted by atomic mass is 9.98. The van der Waals surface area contributed by atoms with Gasteiger partial charge >= 0.3 is 6.09 Å². The fourth-order valence-electron chi connectivity index (χ4n) is 3.63.